The molecular formula is C29H41N5O3S. The molecule has 0 unspecified atom stereocenters. The Hall–Kier alpha value is -3.46. The molecule has 0 radical (unpaired) electrons. The number of nitrogens with zero attached hydrogens (tertiary/aromatic N) is 3. The third kappa shape index (κ3) is 9.45. The number of aryl methyl sites for hydroxylation is 1. The van der Waals surface area contributed by atoms with Gasteiger partial charge in [-0.25, -0.2) is 4.98 Å². The summed E-state index contributed by atoms with van der Waals surface area (Å²) in [5, 5.41) is 7.72. The van der Waals surface area contributed by atoms with Crippen LogP contribution < -0.4 is 10.6 Å². The molecule has 0 atom stereocenters. The summed E-state index contributed by atoms with van der Waals surface area (Å²) in [6.07, 6.45) is 3.62. The first-order valence-electron chi connectivity index (χ1n) is 12.7. The molecule has 9 heteroatoms. The summed E-state index contributed by atoms with van der Waals surface area (Å²) >= 11 is 1.32. The molecule has 0 bridgehead atoms. The fourth-order valence-corrected chi connectivity index (χ4v) is 3.97. The van der Waals surface area contributed by atoms with Crippen molar-refractivity contribution in [1.29, 1.82) is 0 Å². The number of rotatable bonds is 7. The van der Waals surface area contributed by atoms with Crippen LogP contribution >= 0.6 is 11.3 Å². The van der Waals surface area contributed by atoms with Crippen molar-refractivity contribution in [2.75, 3.05) is 18.9 Å². The molecule has 2 N–H and O–H groups in total. The molecule has 0 spiro atoms. The number of aromatic nitrogens is 2. The van der Waals surface area contributed by atoms with Crippen LogP contribution in [0.15, 0.2) is 42.0 Å². The van der Waals surface area contributed by atoms with E-state index < -0.39 is 0 Å². The number of thiazole rings is 1. The average molecular weight is 540 g/mol. The minimum atomic E-state index is -0.344. The van der Waals surface area contributed by atoms with E-state index in [-0.39, 0.29) is 29.8 Å². The Morgan fingerprint density at radius 1 is 1.13 bits per heavy atom. The molecule has 0 aliphatic carbocycles. The fourth-order valence-electron chi connectivity index (χ4n) is 3.24. The lowest BCUT2D eigenvalue weighted by Crippen LogP contribution is -2.32. The van der Waals surface area contributed by atoms with Crippen molar-refractivity contribution in [3.63, 3.8) is 0 Å². The largest absolute Gasteiger partial charge is 0.348 e. The van der Waals surface area contributed by atoms with E-state index in [0.29, 0.717) is 17.2 Å². The number of anilines is 1. The normalized spacial score (nSPS) is 11.0. The number of nitrogens with one attached hydrogen (secondary N) is 2. The molecular weight excluding hydrogens is 498 g/mol. The summed E-state index contributed by atoms with van der Waals surface area (Å²) in [6.45, 7) is 16.6. The predicted molar refractivity (Wildman–Crippen MR) is 155 cm³/mol. The van der Waals surface area contributed by atoms with Crippen LogP contribution in [0, 0.1) is 12.8 Å². The molecule has 206 valence electrons. The molecule has 1 aromatic carbocycles. The van der Waals surface area contributed by atoms with Crippen LogP contribution in [0.5, 0.6) is 0 Å². The van der Waals surface area contributed by atoms with Gasteiger partial charge in [-0.1, -0.05) is 32.9 Å². The molecule has 2 aromatic heterocycles. The van der Waals surface area contributed by atoms with Crippen LogP contribution in [0.25, 0.3) is 11.3 Å². The summed E-state index contributed by atoms with van der Waals surface area (Å²) in [5.74, 6) is 0.204. The molecule has 0 aliphatic rings. The molecule has 2 heterocycles. The quantitative estimate of drug-likeness (QED) is 0.403. The van der Waals surface area contributed by atoms with Gasteiger partial charge < -0.3 is 20.1 Å². The van der Waals surface area contributed by atoms with Gasteiger partial charge in [0.25, 0.3) is 5.91 Å². The first kappa shape index (κ1) is 30.8. The minimum absolute atomic E-state index is 0.0165. The summed E-state index contributed by atoms with van der Waals surface area (Å²) in [4.78, 5) is 42.3. The van der Waals surface area contributed by atoms with Crippen LogP contribution in [0.4, 0.5) is 5.13 Å². The van der Waals surface area contributed by atoms with Crippen LogP contribution in [-0.2, 0) is 21.7 Å². The van der Waals surface area contributed by atoms with Crippen LogP contribution in [0.1, 0.15) is 70.0 Å². The van der Waals surface area contributed by atoms with Crippen LogP contribution in [0.3, 0.4) is 0 Å². The molecule has 0 aliphatic heterocycles. The van der Waals surface area contributed by atoms with E-state index in [2.05, 4.69) is 36.4 Å². The van der Waals surface area contributed by atoms with E-state index >= 15 is 0 Å². The zero-order valence-corrected chi connectivity index (χ0v) is 24.8. The van der Waals surface area contributed by atoms with Gasteiger partial charge in [-0.15, -0.1) is 11.3 Å². The molecule has 3 rings (SSSR count). The lowest BCUT2D eigenvalue weighted by Gasteiger charge is -2.20. The zero-order chi connectivity index (χ0) is 28.6. The van der Waals surface area contributed by atoms with E-state index in [1.165, 1.54) is 11.3 Å². The number of amides is 3. The van der Waals surface area contributed by atoms with Gasteiger partial charge in [0.2, 0.25) is 11.8 Å². The number of hydrogen-bond acceptors (Lipinski definition) is 5. The lowest BCUT2D eigenvalue weighted by atomic mass is 10.0. The lowest BCUT2D eigenvalue weighted by molar-refractivity contribution is -0.128. The van der Waals surface area contributed by atoms with E-state index in [1.54, 1.807) is 31.1 Å². The molecule has 0 fully saturated rings. The van der Waals surface area contributed by atoms with Crippen molar-refractivity contribution in [2.45, 2.75) is 67.5 Å². The van der Waals surface area contributed by atoms with Gasteiger partial charge in [0.15, 0.2) is 5.13 Å². The second-order valence-electron chi connectivity index (χ2n) is 11.0. The van der Waals surface area contributed by atoms with Crippen molar-refractivity contribution in [3.05, 3.63) is 58.7 Å². The number of carbonyl (C=O) groups excluding carboxylic acids is 3. The summed E-state index contributed by atoms with van der Waals surface area (Å²) in [6, 6.07) is 7.70. The monoisotopic (exact) mass is 539 g/mol. The average Bonchev–Trinajstić information content (AvgIpc) is 3.48. The van der Waals surface area contributed by atoms with Gasteiger partial charge in [0, 0.05) is 49.4 Å². The highest BCUT2D eigenvalue weighted by atomic mass is 32.1. The van der Waals surface area contributed by atoms with Gasteiger partial charge in [-0.2, -0.15) is 0 Å². The summed E-state index contributed by atoms with van der Waals surface area (Å²) in [7, 11) is 1.77. The van der Waals surface area contributed by atoms with Crippen molar-refractivity contribution in [1.82, 2.24) is 19.8 Å². The van der Waals surface area contributed by atoms with Gasteiger partial charge >= 0.3 is 0 Å². The summed E-state index contributed by atoms with van der Waals surface area (Å²) < 4.78 is 1.95. The predicted octanol–water partition coefficient (Wildman–Crippen LogP) is 5.68. The molecule has 8 nitrogen and oxygen atoms in total. The Morgan fingerprint density at radius 2 is 1.79 bits per heavy atom. The maximum atomic E-state index is 12.4. The van der Waals surface area contributed by atoms with Crippen LogP contribution in [-0.4, -0.2) is 45.8 Å². The molecule has 3 amide bonds. The Kier molecular flexibility index (Phi) is 10.8. The van der Waals surface area contributed by atoms with E-state index in [9.17, 15) is 14.4 Å². The van der Waals surface area contributed by atoms with Crippen molar-refractivity contribution >= 4 is 34.2 Å². The number of carbonyl (C=O) groups is 3. The smallest absolute Gasteiger partial charge is 0.253 e. The van der Waals surface area contributed by atoms with Crippen molar-refractivity contribution in [3.8, 4) is 11.3 Å². The second-order valence-corrected chi connectivity index (χ2v) is 11.9. The number of benzene rings is 1. The second kappa shape index (κ2) is 13.4. The number of hydrogen-bond donors (Lipinski definition) is 2. The van der Waals surface area contributed by atoms with E-state index in [1.807, 2.05) is 62.0 Å². The fraction of sp³-hybridized carbons (Fsp3) is 0.448. The van der Waals surface area contributed by atoms with E-state index in [0.717, 1.165) is 28.3 Å². The Balaban J connectivity index is 0.00000118. The highest BCUT2D eigenvalue weighted by molar-refractivity contribution is 7.14. The van der Waals surface area contributed by atoms with Crippen molar-refractivity contribution < 1.29 is 14.4 Å². The molecule has 38 heavy (non-hydrogen) atoms. The molecule has 3 aromatic rings. The Labute approximate surface area is 230 Å². The van der Waals surface area contributed by atoms with Crippen molar-refractivity contribution in [2.24, 2.45) is 5.92 Å². The standard InChI is InChI=1S/C25H31N5O3S.C4H10/c1-16-11-18(7-8-19(16)13-29(6)17(2)31)21-15-34-24(27-21)28-22(32)12-26-23(33)20-9-10-30(14-20)25(3,4)5;1-4(2)3/h7-11,14-15H,12-13H2,1-6H3,(H,26,33)(H,27,28,32);4H,1-3H3. The van der Waals surface area contributed by atoms with Gasteiger partial charge in [-0.3, -0.25) is 14.4 Å². The zero-order valence-electron chi connectivity index (χ0n) is 24.0. The third-order valence-electron chi connectivity index (χ3n) is 5.47. The maximum absolute atomic E-state index is 12.4. The molecule has 0 saturated carbocycles. The highest BCUT2D eigenvalue weighted by Crippen LogP contribution is 2.27. The molecule has 0 saturated heterocycles. The van der Waals surface area contributed by atoms with Crippen LogP contribution in [0.2, 0.25) is 0 Å². The van der Waals surface area contributed by atoms with Gasteiger partial charge in [0.1, 0.15) is 0 Å². The Bertz CT molecular complexity index is 1250. The Morgan fingerprint density at radius 3 is 2.34 bits per heavy atom. The first-order chi connectivity index (χ1) is 17.7. The van der Waals surface area contributed by atoms with Gasteiger partial charge in [0.05, 0.1) is 17.8 Å². The first-order valence-corrected chi connectivity index (χ1v) is 13.6. The van der Waals surface area contributed by atoms with E-state index in [4.69, 9.17) is 0 Å². The third-order valence-corrected chi connectivity index (χ3v) is 6.23. The maximum Gasteiger partial charge on any atom is 0.253 e. The minimum Gasteiger partial charge on any atom is -0.348 e. The topological polar surface area (TPSA) is 96.3 Å². The highest BCUT2D eigenvalue weighted by Gasteiger charge is 2.16. The van der Waals surface area contributed by atoms with Gasteiger partial charge in [-0.05, 0) is 56.9 Å². The SMILES string of the molecule is CC(=O)N(C)Cc1ccc(-c2csc(NC(=O)CNC(=O)c3ccn(C(C)(C)C)c3)n2)cc1C.CC(C)C. The summed E-state index contributed by atoms with van der Waals surface area (Å²) in [5.41, 5.74) is 4.20.